The van der Waals surface area contributed by atoms with Crippen molar-refractivity contribution in [2.75, 3.05) is 7.11 Å². The van der Waals surface area contributed by atoms with Crippen LogP contribution in [0.1, 0.15) is 23.8 Å². The summed E-state index contributed by atoms with van der Waals surface area (Å²) < 4.78 is 4.63. The zero-order chi connectivity index (χ0) is 14.3. The number of carbonyl (C=O) groups is 2. The molecule has 1 amide bonds. The third-order valence-corrected chi connectivity index (χ3v) is 2.62. The van der Waals surface area contributed by atoms with Gasteiger partial charge in [-0.05, 0) is 12.1 Å². The number of methoxy groups -OCH3 is 1. The quantitative estimate of drug-likeness (QED) is 0.795. The van der Waals surface area contributed by atoms with E-state index in [-0.39, 0.29) is 18.0 Å². The van der Waals surface area contributed by atoms with Crippen molar-refractivity contribution in [3.63, 3.8) is 0 Å². The highest BCUT2D eigenvalue weighted by Gasteiger charge is 2.28. The van der Waals surface area contributed by atoms with Gasteiger partial charge >= 0.3 is 5.97 Å². The minimum atomic E-state index is -0.862. The van der Waals surface area contributed by atoms with E-state index in [4.69, 9.17) is 5.26 Å². The molecule has 0 saturated carbocycles. The summed E-state index contributed by atoms with van der Waals surface area (Å²) in [6.45, 7) is 1.70. The van der Waals surface area contributed by atoms with Crippen molar-refractivity contribution in [3.8, 4) is 6.07 Å². The smallest absolute Gasteiger partial charge is 0.328 e. The predicted octanol–water partition coefficient (Wildman–Crippen LogP) is 0.903. The van der Waals surface area contributed by atoms with Crippen LogP contribution in [0.5, 0.6) is 0 Å². The monoisotopic (exact) mass is 261 g/mol. The van der Waals surface area contributed by atoms with Crippen molar-refractivity contribution in [2.45, 2.75) is 19.4 Å². The van der Waals surface area contributed by atoms with Crippen molar-refractivity contribution < 1.29 is 14.3 Å². The van der Waals surface area contributed by atoms with Crippen molar-refractivity contribution in [1.82, 2.24) is 10.3 Å². The van der Waals surface area contributed by atoms with Crippen LogP contribution in [0.4, 0.5) is 0 Å². The summed E-state index contributed by atoms with van der Waals surface area (Å²) in [6.07, 6.45) is 1.63. The van der Waals surface area contributed by atoms with Crippen LogP contribution in [0, 0.1) is 17.2 Å². The lowest BCUT2D eigenvalue weighted by atomic mass is 9.99. The number of ether oxygens (including phenoxy) is 1. The zero-order valence-electron chi connectivity index (χ0n) is 10.8. The van der Waals surface area contributed by atoms with Crippen LogP contribution in [-0.2, 0) is 9.53 Å². The second-order valence-corrected chi connectivity index (χ2v) is 4.03. The lowest BCUT2D eigenvalue weighted by Gasteiger charge is -2.20. The highest BCUT2D eigenvalue weighted by molar-refractivity contribution is 5.95. The Hall–Kier alpha value is -2.42. The molecule has 0 saturated heterocycles. The first kappa shape index (κ1) is 14.6. The van der Waals surface area contributed by atoms with E-state index < -0.39 is 17.9 Å². The van der Waals surface area contributed by atoms with E-state index in [2.05, 4.69) is 15.0 Å². The molecule has 100 valence electrons. The number of esters is 1. The standard InChI is InChI=1S/C13H15N3O3/c1-9(6-7-14)11(13(18)19-2)16-12(17)10-5-3-4-8-15-10/h3-5,8-9,11H,6H2,1-2H3,(H,16,17)/t9-,11-/m1/s1. The van der Waals surface area contributed by atoms with Crippen LogP contribution in [0.15, 0.2) is 24.4 Å². The molecule has 1 heterocycles. The average molecular weight is 261 g/mol. The molecular weight excluding hydrogens is 246 g/mol. The normalized spacial score (nSPS) is 12.9. The molecule has 0 radical (unpaired) electrons. The summed E-state index contributed by atoms with van der Waals surface area (Å²) in [6, 6.07) is 6.01. The fourth-order valence-electron chi connectivity index (χ4n) is 1.53. The number of aromatic nitrogens is 1. The van der Waals surface area contributed by atoms with Gasteiger partial charge in [-0.1, -0.05) is 13.0 Å². The number of amides is 1. The molecule has 1 aromatic heterocycles. The van der Waals surface area contributed by atoms with Gasteiger partial charge in [-0.2, -0.15) is 5.26 Å². The molecule has 0 fully saturated rings. The van der Waals surface area contributed by atoms with Crippen LogP contribution < -0.4 is 5.32 Å². The summed E-state index contributed by atoms with van der Waals surface area (Å²) in [5.74, 6) is -1.39. The lowest BCUT2D eigenvalue weighted by molar-refractivity contribution is -0.144. The Morgan fingerprint density at radius 3 is 2.79 bits per heavy atom. The Kier molecular flexibility index (Phi) is 5.48. The molecule has 0 aromatic carbocycles. The summed E-state index contributed by atoms with van der Waals surface area (Å²) in [5, 5.41) is 11.2. The lowest BCUT2D eigenvalue weighted by Crippen LogP contribution is -2.46. The first-order valence-electron chi connectivity index (χ1n) is 5.76. The Bertz CT molecular complexity index is 482. The third-order valence-electron chi connectivity index (χ3n) is 2.62. The maximum absolute atomic E-state index is 11.9. The van der Waals surface area contributed by atoms with Gasteiger partial charge in [0, 0.05) is 18.5 Å². The molecule has 19 heavy (non-hydrogen) atoms. The van der Waals surface area contributed by atoms with Gasteiger partial charge in [0.1, 0.15) is 11.7 Å². The van der Waals surface area contributed by atoms with E-state index in [1.54, 1.807) is 25.1 Å². The Balaban J connectivity index is 2.81. The van der Waals surface area contributed by atoms with Crippen LogP contribution in [0.3, 0.4) is 0 Å². The number of pyridine rings is 1. The van der Waals surface area contributed by atoms with Crippen molar-refractivity contribution in [1.29, 1.82) is 5.26 Å². The van der Waals surface area contributed by atoms with E-state index >= 15 is 0 Å². The van der Waals surface area contributed by atoms with E-state index in [1.807, 2.05) is 6.07 Å². The first-order valence-corrected chi connectivity index (χ1v) is 5.76. The maximum Gasteiger partial charge on any atom is 0.328 e. The van der Waals surface area contributed by atoms with Crippen LogP contribution in [0.2, 0.25) is 0 Å². The number of rotatable bonds is 5. The number of carbonyl (C=O) groups excluding carboxylic acids is 2. The molecule has 0 bridgehead atoms. The van der Waals surface area contributed by atoms with Gasteiger partial charge in [0.25, 0.3) is 5.91 Å². The molecule has 0 aliphatic carbocycles. The van der Waals surface area contributed by atoms with Crippen molar-refractivity contribution >= 4 is 11.9 Å². The molecular formula is C13H15N3O3. The molecule has 6 heteroatoms. The predicted molar refractivity (Wildman–Crippen MR) is 66.9 cm³/mol. The van der Waals surface area contributed by atoms with Gasteiger partial charge in [0.15, 0.2) is 0 Å². The van der Waals surface area contributed by atoms with E-state index in [1.165, 1.54) is 13.3 Å². The minimum absolute atomic E-state index is 0.141. The van der Waals surface area contributed by atoms with Gasteiger partial charge in [-0.25, -0.2) is 4.79 Å². The van der Waals surface area contributed by atoms with Gasteiger partial charge in [0.2, 0.25) is 0 Å². The summed E-state index contributed by atoms with van der Waals surface area (Å²) in [4.78, 5) is 27.4. The van der Waals surface area contributed by atoms with E-state index in [9.17, 15) is 9.59 Å². The molecule has 6 nitrogen and oxygen atoms in total. The van der Waals surface area contributed by atoms with Gasteiger partial charge in [0.05, 0.1) is 13.2 Å². The number of hydrogen-bond donors (Lipinski definition) is 1. The van der Waals surface area contributed by atoms with Gasteiger partial charge in [-0.15, -0.1) is 0 Å². The van der Waals surface area contributed by atoms with Crippen molar-refractivity contribution in [3.05, 3.63) is 30.1 Å². The molecule has 0 aliphatic rings. The third kappa shape index (κ3) is 4.07. The van der Waals surface area contributed by atoms with Crippen LogP contribution in [-0.4, -0.2) is 30.0 Å². The molecule has 1 aromatic rings. The Labute approximate surface area is 111 Å². The molecule has 1 rings (SSSR count). The molecule has 0 spiro atoms. The number of nitriles is 1. The molecule has 0 unspecified atom stereocenters. The largest absolute Gasteiger partial charge is 0.467 e. The second kappa shape index (κ2) is 7.11. The highest BCUT2D eigenvalue weighted by Crippen LogP contribution is 2.10. The topological polar surface area (TPSA) is 92.1 Å². The number of nitrogens with one attached hydrogen (secondary N) is 1. The fraction of sp³-hybridized carbons (Fsp3) is 0.385. The number of hydrogen-bond acceptors (Lipinski definition) is 5. The van der Waals surface area contributed by atoms with Crippen molar-refractivity contribution in [2.24, 2.45) is 5.92 Å². The molecule has 1 N–H and O–H groups in total. The first-order chi connectivity index (χ1) is 9.10. The highest BCUT2D eigenvalue weighted by atomic mass is 16.5. The fourth-order valence-corrected chi connectivity index (χ4v) is 1.53. The maximum atomic E-state index is 11.9. The SMILES string of the molecule is COC(=O)[C@H](NC(=O)c1ccccn1)[C@H](C)CC#N. The minimum Gasteiger partial charge on any atom is -0.467 e. The Morgan fingerprint density at radius 2 is 2.26 bits per heavy atom. The summed E-state index contributed by atoms with van der Waals surface area (Å²) >= 11 is 0. The second-order valence-electron chi connectivity index (χ2n) is 4.03. The Morgan fingerprint density at radius 1 is 1.53 bits per heavy atom. The number of nitrogens with zero attached hydrogens (tertiary/aromatic N) is 2. The van der Waals surface area contributed by atoms with E-state index in [0.717, 1.165) is 0 Å². The summed E-state index contributed by atoms with van der Waals surface area (Å²) in [5.41, 5.74) is 0.209. The van der Waals surface area contributed by atoms with Crippen LogP contribution >= 0.6 is 0 Å². The van der Waals surface area contributed by atoms with Gasteiger partial charge in [-0.3, -0.25) is 9.78 Å². The summed E-state index contributed by atoms with van der Waals surface area (Å²) in [7, 11) is 1.24. The van der Waals surface area contributed by atoms with Crippen LogP contribution in [0.25, 0.3) is 0 Å². The average Bonchev–Trinajstić information content (AvgIpc) is 2.44. The zero-order valence-corrected chi connectivity index (χ0v) is 10.8. The van der Waals surface area contributed by atoms with Gasteiger partial charge < -0.3 is 10.1 Å². The molecule has 0 aliphatic heterocycles. The molecule has 2 atom stereocenters. The van der Waals surface area contributed by atoms with E-state index in [0.29, 0.717) is 0 Å².